The molecule has 56 valence electrons. The van der Waals surface area contributed by atoms with Crippen molar-refractivity contribution in [2.45, 2.75) is 20.0 Å². The molecule has 1 aromatic heterocycles. The number of hydrogen-bond acceptors (Lipinski definition) is 2. The van der Waals surface area contributed by atoms with E-state index in [-0.39, 0.29) is 5.92 Å². The molecule has 0 radical (unpaired) electrons. The molecule has 0 aliphatic rings. The molecule has 0 aromatic carbocycles. The SMILES string of the molecule is CC(C)C(O)c1ccoc1. The van der Waals surface area contributed by atoms with Crippen LogP contribution in [-0.2, 0) is 0 Å². The third kappa shape index (κ3) is 1.39. The molecular weight excluding hydrogens is 128 g/mol. The van der Waals surface area contributed by atoms with Crippen molar-refractivity contribution in [2.75, 3.05) is 0 Å². The minimum atomic E-state index is -0.390. The predicted octanol–water partition coefficient (Wildman–Crippen LogP) is 1.97. The van der Waals surface area contributed by atoms with Crippen LogP contribution in [0.3, 0.4) is 0 Å². The summed E-state index contributed by atoms with van der Waals surface area (Å²) in [5.41, 5.74) is 0.856. The summed E-state index contributed by atoms with van der Waals surface area (Å²) in [4.78, 5) is 0. The quantitative estimate of drug-likeness (QED) is 0.681. The summed E-state index contributed by atoms with van der Waals surface area (Å²) in [7, 11) is 0. The Kier molecular flexibility index (Phi) is 2.12. The first-order valence-electron chi connectivity index (χ1n) is 3.42. The lowest BCUT2D eigenvalue weighted by molar-refractivity contribution is 0.126. The van der Waals surface area contributed by atoms with E-state index < -0.39 is 6.10 Å². The van der Waals surface area contributed by atoms with Crippen molar-refractivity contribution in [3.05, 3.63) is 24.2 Å². The molecule has 0 saturated carbocycles. The third-order valence-corrected chi connectivity index (χ3v) is 1.52. The number of furan rings is 1. The molecule has 0 bridgehead atoms. The maximum atomic E-state index is 9.43. The average molecular weight is 140 g/mol. The normalized spacial score (nSPS) is 14.0. The fourth-order valence-corrected chi connectivity index (χ4v) is 0.828. The minimum Gasteiger partial charge on any atom is -0.472 e. The zero-order valence-electron chi connectivity index (χ0n) is 6.24. The second-order valence-corrected chi connectivity index (χ2v) is 2.75. The van der Waals surface area contributed by atoms with Crippen molar-refractivity contribution in [2.24, 2.45) is 5.92 Å². The number of aliphatic hydroxyl groups excluding tert-OH is 1. The largest absolute Gasteiger partial charge is 0.472 e. The van der Waals surface area contributed by atoms with Crippen LogP contribution in [0.2, 0.25) is 0 Å². The zero-order valence-corrected chi connectivity index (χ0v) is 6.24. The van der Waals surface area contributed by atoms with Crippen LogP contribution >= 0.6 is 0 Å². The van der Waals surface area contributed by atoms with Crippen molar-refractivity contribution >= 4 is 0 Å². The molecule has 0 spiro atoms. The average Bonchev–Trinajstić information content (AvgIpc) is 2.36. The number of rotatable bonds is 2. The summed E-state index contributed by atoms with van der Waals surface area (Å²) in [6, 6.07) is 1.78. The highest BCUT2D eigenvalue weighted by Crippen LogP contribution is 2.20. The van der Waals surface area contributed by atoms with Gasteiger partial charge in [-0.05, 0) is 12.0 Å². The molecule has 0 aliphatic carbocycles. The molecule has 0 aliphatic heterocycles. The Bertz CT molecular complexity index is 177. The third-order valence-electron chi connectivity index (χ3n) is 1.52. The van der Waals surface area contributed by atoms with Crippen LogP contribution in [0.4, 0.5) is 0 Å². The molecule has 1 aromatic rings. The smallest absolute Gasteiger partial charge is 0.0960 e. The summed E-state index contributed by atoms with van der Waals surface area (Å²) in [5, 5.41) is 9.43. The van der Waals surface area contributed by atoms with Crippen LogP contribution in [0.5, 0.6) is 0 Å². The zero-order chi connectivity index (χ0) is 7.56. The molecule has 2 nitrogen and oxygen atoms in total. The van der Waals surface area contributed by atoms with Crippen molar-refractivity contribution in [3.8, 4) is 0 Å². The Labute approximate surface area is 60.5 Å². The summed E-state index contributed by atoms with van der Waals surface area (Å²) >= 11 is 0. The molecule has 10 heavy (non-hydrogen) atoms. The van der Waals surface area contributed by atoms with Crippen LogP contribution in [-0.4, -0.2) is 5.11 Å². The summed E-state index contributed by atoms with van der Waals surface area (Å²) < 4.78 is 4.83. The lowest BCUT2D eigenvalue weighted by Gasteiger charge is -2.10. The Balaban J connectivity index is 2.68. The van der Waals surface area contributed by atoms with Gasteiger partial charge in [-0.1, -0.05) is 13.8 Å². The highest BCUT2D eigenvalue weighted by Gasteiger charge is 2.11. The van der Waals surface area contributed by atoms with E-state index in [2.05, 4.69) is 0 Å². The molecule has 0 fully saturated rings. The lowest BCUT2D eigenvalue weighted by atomic mass is 10.0. The van der Waals surface area contributed by atoms with E-state index in [1.807, 2.05) is 13.8 Å². The lowest BCUT2D eigenvalue weighted by Crippen LogP contribution is -2.03. The summed E-state index contributed by atoms with van der Waals surface area (Å²) in [6.07, 6.45) is 2.75. The molecule has 0 amide bonds. The van der Waals surface area contributed by atoms with Gasteiger partial charge in [0.1, 0.15) is 0 Å². The van der Waals surface area contributed by atoms with Crippen LogP contribution < -0.4 is 0 Å². The maximum Gasteiger partial charge on any atom is 0.0960 e. The first kappa shape index (κ1) is 7.35. The topological polar surface area (TPSA) is 33.4 Å². The Morgan fingerprint density at radius 3 is 2.60 bits per heavy atom. The highest BCUT2D eigenvalue weighted by atomic mass is 16.3. The highest BCUT2D eigenvalue weighted by molar-refractivity contribution is 5.09. The molecule has 1 rings (SSSR count). The molecular formula is C8H12O2. The first-order chi connectivity index (χ1) is 4.72. The van der Waals surface area contributed by atoms with Crippen LogP contribution in [0.15, 0.2) is 23.0 Å². The van der Waals surface area contributed by atoms with Gasteiger partial charge in [0.05, 0.1) is 18.6 Å². The van der Waals surface area contributed by atoms with Crippen molar-refractivity contribution in [1.29, 1.82) is 0 Å². The van der Waals surface area contributed by atoms with Crippen LogP contribution in [0.1, 0.15) is 25.5 Å². The van der Waals surface area contributed by atoms with E-state index >= 15 is 0 Å². The van der Waals surface area contributed by atoms with Gasteiger partial charge in [-0.3, -0.25) is 0 Å². The van der Waals surface area contributed by atoms with Gasteiger partial charge in [-0.2, -0.15) is 0 Å². The van der Waals surface area contributed by atoms with Gasteiger partial charge < -0.3 is 9.52 Å². The summed E-state index contributed by atoms with van der Waals surface area (Å²) in [6.45, 7) is 3.94. The van der Waals surface area contributed by atoms with Gasteiger partial charge in [-0.25, -0.2) is 0 Å². The molecule has 1 N–H and O–H groups in total. The molecule has 1 unspecified atom stereocenters. The van der Waals surface area contributed by atoms with E-state index in [0.717, 1.165) is 5.56 Å². The Hall–Kier alpha value is -0.760. The van der Waals surface area contributed by atoms with E-state index in [9.17, 15) is 5.11 Å². The van der Waals surface area contributed by atoms with Crippen molar-refractivity contribution in [1.82, 2.24) is 0 Å². The van der Waals surface area contributed by atoms with Crippen molar-refractivity contribution in [3.63, 3.8) is 0 Å². The van der Waals surface area contributed by atoms with Gasteiger partial charge in [-0.15, -0.1) is 0 Å². The van der Waals surface area contributed by atoms with Gasteiger partial charge in [0.2, 0.25) is 0 Å². The molecule has 0 saturated heterocycles. The predicted molar refractivity (Wildman–Crippen MR) is 38.5 cm³/mol. The van der Waals surface area contributed by atoms with E-state index in [1.54, 1.807) is 18.6 Å². The number of aliphatic hydroxyl groups is 1. The van der Waals surface area contributed by atoms with Gasteiger partial charge in [0, 0.05) is 5.56 Å². The second kappa shape index (κ2) is 2.88. The van der Waals surface area contributed by atoms with Gasteiger partial charge >= 0.3 is 0 Å². The van der Waals surface area contributed by atoms with Crippen LogP contribution in [0.25, 0.3) is 0 Å². The van der Waals surface area contributed by atoms with Gasteiger partial charge in [0.25, 0.3) is 0 Å². The molecule has 1 heterocycles. The monoisotopic (exact) mass is 140 g/mol. The van der Waals surface area contributed by atoms with E-state index in [0.29, 0.717) is 0 Å². The first-order valence-corrected chi connectivity index (χ1v) is 3.42. The Morgan fingerprint density at radius 1 is 1.50 bits per heavy atom. The van der Waals surface area contributed by atoms with Gasteiger partial charge in [0.15, 0.2) is 0 Å². The molecule has 2 heteroatoms. The van der Waals surface area contributed by atoms with E-state index in [1.165, 1.54) is 0 Å². The van der Waals surface area contributed by atoms with Crippen molar-refractivity contribution < 1.29 is 9.52 Å². The fourth-order valence-electron chi connectivity index (χ4n) is 0.828. The maximum absolute atomic E-state index is 9.43. The Morgan fingerprint density at radius 2 is 2.20 bits per heavy atom. The van der Waals surface area contributed by atoms with E-state index in [4.69, 9.17) is 4.42 Å². The standard InChI is InChI=1S/C8H12O2/c1-6(2)8(9)7-3-4-10-5-7/h3-6,8-9H,1-2H3. The summed E-state index contributed by atoms with van der Waals surface area (Å²) in [5.74, 6) is 0.248. The fraction of sp³-hybridized carbons (Fsp3) is 0.500. The van der Waals surface area contributed by atoms with Crippen LogP contribution in [0, 0.1) is 5.92 Å². The minimum absolute atomic E-state index is 0.248. The molecule has 1 atom stereocenters. The second-order valence-electron chi connectivity index (χ2n) is 2.75. The number of hydrogen-bond donors (Lipinski definition) is 1.